The van der Waals surface area contributed by atoms with Crippen LogP contribution in [0.2, 0.25) is 0 Å². The molecule has 0 unspecified atom stereocenters. The molecule has 2 amide bonds. The molecule has 3 aromatic rings. The number of hydrogen-bond donors (Lipinski definition) is 1. The largest absolute Gasteiger partial charge is 0.354 e. The van der Waals surface area contributed by atoms with Gasteiger partial charge in [-0.05, 0) is 81.5 Å². The summed E-state index contributed by atoms with van der Waals surface area (Å²) in [6.45, 7) is 13.5. The smallest absolute Gasteiger partial charge is 0.264 e. The quantitative estimate of drug-likeness (QED) is 0.343. The molecule has 0 heterocycles. The number of nitrogens with one attached hydrogen (secondary N) is 1. The molecule has 1 N–H and O–H groups in total. The average molecular weight is 564 g/mol. The molecule has 0 aliphatic heterocycles. The second-order valence-electron chi connectivity index (χ2n) is 11.0. The number of hydrogen-bond acceptors (Lipinski definition) is 4. The van der Waals surface area contributed by atoms with Crippen molar-refractivity contribution in [3.05, 3.63) is 94.5 Å². The molecule has 0 aliphatic rings. The summed E-state index contributed by atoms with van der Waals surface area (Å²) in [6, 6.07) is 19.0. The molecule has 0 spiro atoms. The molecule has 0 aromatic heterocycles. The minimum absolute atomic E-state index is 0.0954. The second-order valence-corrected chi connectivity index (χ2v) is 12.9. The summed E-state index contributed by atoms with van der Waals surface area (Å²) in [7, 11) is -4.09. The van der Waals surface area contributed by atoms with E-state index in [0.29, 0.717) is 12.2 Å². The Morgan fingerprint density at radius 1 is 0.800 bits per heavy atom. The number of nitrogens with zero attached hydrogens (tertiary/aromatic N) is 2. The van der Waals surface area contributed by atoms with Gasteiger partial charge in [-0.3, -0.25) is 13.9 Å². The first-order valence-electron chi connectivity index (χ1n) is 13.6. The monoisotopic (exact) mass is 563 g/mol. The summed E-state index contributed by atoms with van der Waals surface area (Å²) < 4.78 is 29.1. The van der Waals surface area contributed by atoms with Gasteiger partial charge in [-0.25, -0.2) is 8.42 Å². The SMILES string of the molecule is Cc1ccc(S(=O)(=O)N(CC(=O)N(Cc2cccc(C)c2)[C@@H](C)C(=O)NCC(C)C)c2cc(C)cc(C)c2)cc1. The number of anilines is 1. The van der Waals surface area contributed by atoms with Crippen LogP contribution in [0.25, 0.3) is 0 Å². The molecule has 0 saturated carbocycles. The Hall–Kier alpha value is -3.65. The second kappa shape index (κ2) is 13.1. The zero-order chi connectivity index (χ0) is 29.6. The summed E-state index contributed by atoms with van der Waals surface area (Å²) in [6.07, 6.45) is 0. The van der Waals surface area contributed by atoms with E-state index in [9.17, 15) is 18.0 Å². The minimum Gasteiger partial charge on any atom is -0.354 e. The van der Waals surface area contributed by atoms with Crippen molar-refractivity contribution >= 4 is 27.5 Å². The van der Waals surface area contributed by atoms with Crippen molar-refractivity contribution in [2.75, 3.05) is 17.4 Å². The normalized spacial score (nSPS) is 12.2. The molecule has 0 saturated heterocycles. The lowest BCUT2D eigenvalue weighted by Gasteiger charge is -2.32. The number of aryl methyl sites for hydroxylation is 4. The number of sulfonamides is 1. The van der Waals surface area contributed by atoms with E-state index in [0.717, 1.165) is 32.1 Å². The molecule has 0 bridgehead atoms. The van der Waals surface area contributed by atoms with Gasteiger partial charge in [-0.2, -0.15) is 0 Å². The third kappa shape index (κ3) is 7.94. The molecule has 7 nitrogen and oxygen atoms in total. The van der Waals surface area contributed by atoms with Crippen LogP contribution < -0.4 is 9.62 Å². The predicted molar refractivity (Wildman–Crippen MR) is 161 cm³/mol. The molecule has 0 radical (unpaired) electrons. The molecule has 8 heteroatoms. The molecule has 0 fully saturated rings. The van der Waals surface area contributed by atoms with Crippen LogP contribution >= 0.6 is 0 Å². The van der Waals surface area contributed by atoms with E-state index >= 15 is 0 Å². The Morgan fingerprint density at radius 3 is 2.00 bits per heavy atom. The molecule has 214 valence electrons. The predicted octanol–water partition coefficient (Wildman–Crippen LogP) is 5.31. The van der Waals surface area contributed by atoms with Gasteiger partial charge in [0, 0.05) is 13.1 Å². The average Bonchev–Trinajstić information content (AvgIpc) is 2.88. The topological polar surface area (TPSA) is 86.8 Å². The van der Waals surface area contributed by atoms with Gasteiger partial charge >= 0.3 is 0 Å². The molecule has 0 aliphatic carbocycles. The van der Waals surface area contributed by atoms with Crippen molar-refractivity contribution < 1.29 is 18.0 Å². The number of amides is 2. The van der Waals surface area contributed by atoms with Gasteiger partial charge in [0.2, 0.25) is 11.8 Å². The Kier molecular flexibility index (Phi) is 10.1. The van der Waals surface area contributed by atoms with E-state index in [2.05, 4.69) is 5.32 Å². The van der Waals surface area contributed by atoms with Crippen LogP contribution in [0.1, 0.15) is 48.6 Å². The van der Waals surface area contributed by atoms with Crippen molar-refractivity contribution in [3.63, 3.8) is 0 Å². The summed E-state index contributed by atoms with van der Waals surface area (Å²) in [5.74, 6) is -0.505. The standard InChI is InChI=1S/C32H41N3O4S/c1-22(2)19-33-32(37)27(7)34(20-28-10-8-9-24(4)16-28)31(36)21-35(29-17-25(5)15-26(6)18-29)40(38,39)30-13-11-23(3)12-14-30/h8-18,22,27H,19-21H2,1-7H3,(H,33,37)/t27-/m0/s1. The molecule has 3 aromatic carbocycles. The molecule has 40 heavy (non-hydrogen) atoms. The first-order chi connectivity index (χ1) is 18.8. The lowest BCUT2D eigenvalue weighted by molar-refractivity contribution is -0.139. The first-order valence-corrected chi connectivity index (χ1v) is 15.0. The molecule has 1 atom stereocenters. The van der Waals surface area contributed by atoms with Gasteiger partial charge < -0.3 is 10.2 Å². The minimum atomic E-state index is -4.09. The Labute approximate surface area is 239 Å². The van der Waals surface area contributed by atoms with Crippen LogP contribution in [0.5, 0.6) is 0 Å². The number of benzene rings is 3. The Bertz CT molecular complexity index is 1430. The van der Waals surface area contributed by atoms with Crippen LogP contribution in [0, 0.1) is 33.6 Å². The Balaban J connectivity index is 2.05. The van der Waals surface area contributed by atoms with Crippen molar-refractivity contribution in [1.29, 1.82) is 0 Å². The van der Waals surface area contributed by atoms with Crippen LogP contribution in [0.3, 0.4) is 0 Å². The van der Waals surface area contributed by atoms with Gasteiger partial charge in [-0.1, -0.05) is 67.4 Å². The highest BCUT2D eigenvalue weighted by molar-refractivity contribution is 7.92. The third-order valence-corrected chi connectivity index (χ3v) is 8.46. The first kappa shape index (κ1) is 30.9. The maximum absolute atomic E-state index is 14.0. The van der Waals surface area contributed by atoms with Crippen LogP contribution in [-0.2, 0) is 26.2 Å². The molecule has 3 rings (SSSR count). The van der Waals surface area contributed by atoms with E-state index < -0.39 is 28.5 Å². The van der Waals surface area contributed by atoms with Crippen LogP contribution in [-0.4, -0.2) is 44.3 Å². The van der Waals surface area contributed by atoms with Gasteiger partial charge in [0.1, 0.15) is 12.6 Å². The Morgan fingerprint density at radius 2 is 1.43 bits per heavy atom. The number of carbonyl (C=O) groups excluding carboxylic acids is 2. The number of rotatable bonds is 11. The summed E-state index contributed by atoms with van der Waals surface area (Å²) >= 11 is 0. The maximum Gasteiger partial charge on any atom is 0.264 e. The van der Waals surface area contributed by atoms with E-state index in [1.54, 1.807) is 43.3 Å². The van der Waals surface area contributed by atoms with Crippen LogP contribution in [0.4, 0.5) is 5.69 Å². The lowest BCUT2D eigenvalue weighted by atomic mass is 10.1. The van der Waals surface area contributed by atoms with E-state index in [1.165, 1.54) is 4.90 Å². The van der Waals surface area contributed by atoms with Crippen molar-refractivity contribution in [2.24, 2.45) is 5.92 Å². The summed E-state index contributed by atoms with van der Waals surface area (Å²) in [5.41, 5.74) is 4.98. The van der Waals surface area contributed by atoms with E-state index in [4.69, 9.17) is 0 Å². The highest BCUT2D eigenvalue weighted by Gasteiger charge is 2.32. The van der Waals surface area contributed by atoms with Crippen molar-refractivity contribution in [3.8, 4) is 0 Å². The number of carbonyl (C=O) groups is 2. The highest BCUT2D eigenvalue weighted by Crippen LogP contribution is 2.27. The van der Waals surface area contributed by atoms with Gasteiger partial charge in [0.15, 0.2) is 0 Å². The lowest BCUT2D eigenvalue weighted by Crippen LogP contribution is -2.51. The fourth-order valence-corrected chi connectivity index (χ4v) is 5.90. The summed E-state index contributed by atoms with van der Waals surface area (Å²) in [4.78, 5) is 28.7. The van der Waals surface area contributed by atoms with Crippen molar-refractivity contribution in [1.82, 2.24) is 10.2 Å². The van der Waals surface area contributed by atoms with Gasteiger partial charge in [-0.15, -0.1) is 0 Å². The van der Waals surface area contributed by atoms with E-state index in [-0.39, 0.29) is 23.3 Å². The zero-order valence-electron chi connectivity index (χ0n) is 24.6. The highest BCUT2D eigenvalue weighted by atomic mass is 32.2. The van der Waals surface area contributed by atoms with E-state index in [1.807, 2.05) is 71.9 Å². The summed E-state index contributed by atoms with van der Waals surface area (Å²) in [5, 5.41) is 2.91. The fraction of sp³-hybridized carbons (Fsp3) is 0.375. The maximum atomic E-state index is 14.0. The third-order valence-electron chi connectivity index (χ3n) is 6.67. The zero-order valence-corrected chi connectivity index (χ0v) is 25.4. The van der Waals surface area contributed by atoms with Crippen molar-refractivity contribution in [2.45, 2.75) is 65.9 Å². The van der Waals surface area contributed by atoms with Gasteiger partial charge in [0.05, 0.1) is 10.6 Å². The van der Waals surface area contributed by atoms with Crippen LogP contribution in [0.15, 0.2) is 71.6 Å². The molecular weight excluding hydrogens is 522 g/mol. The molecular formula is C32H41N3O4S. The van der Waals surface area contributed by atoms with Gasteiger partial charge in [0.25, 0.3) is 10.0 Å². The fourth-order valence-electron chi connectivity index (χ4n) is 4.50.